The van der Waals surface area contributed by atoms with E-state index in [-0.39, 0.29) is 28.6 Å². The molecule has 32 heavy (non-hydrogen) atoms. The van der Waals surface area contributed by atoms with E-state index in [0.717, 1.165) is 5.56 Å². The Kier molecular flexibility index (Phi) is 4.76. The summed E-state index contributed by atoms with van der Waals surface area (Å²) in [6, 6.07) is 17.8. The molecule has 1 aliphatic rings. The summed E-state index contributed by atoms with van der Waals surface area (Å²) < 4.78 is 30.4. The maximum atomic E-state index is 13.2. The van der Waals surface area contributed by atoms with Crippen LogP contribution in [0, 0.1) is 0 Å². The van der Waals surface area contributed by atoms with Crippen LogP contribution in [0.5, 0.6) is 0 Å². The first-order valence-electron chi connectivity index (χ1n) is 9.67. The minimum atomic E-state index is -4.00. The SMILES string of the molecule is O=C1Nc2ccc(S(=O)(=O)Nc3ccc(=O)n(Cc4ccccc4Cl)c3)c3cccc1c23. The average molecular weight is 466 g/mol. The second-order valence-corrected chi connectivity index (χ2v) is 9.43. The predicted octanol–water partition coefficient (Wildman–Crippen LogP) is 4.07. The van der Waals surface area contributed by atoms with Crippen molar-refractivity contribution < 1.29 is 13.2 Å². The van der Waals surface area contributed by atoms with Crippen molar-refractivity contribution in [2.75, 3.05) is 10.0 Å². The van der Waals surface area contributed by atoms with Gasteiger partial charge in [0.15, 0.2) is 0 Å². The molecule has 0 atom stereocenters. The molecule has 0 spiro atoms. The summed E-state index contributed by atoms with van der Waals surface area (Å²) in [6.07, 6.45) is 1.44. The first kappa shape index (κ1) is 20.3. The van der Waals surface area contributed by atoms with Gasteiger partial charge in [0.1, 0.15) is 0 Å². The molecule has 0 saturated carbocycles. The largest absolute Gasteiger partial charge is 0.321 e. The van der Waals surface area contributed by atoms with Gasteiger partial charge in [0, 0.05) is 39.3 Å². The Bertz CT molecular complexity index is 1580. The molecule has 1 amide bonds. The van der Waals surface area contributed by atoms with Crippen molar-refractivity contribution in [1.29, 1.82) is 0 Å². The summed E-state index contributed by atoms with van der Waals surface area (Å²) in [4.78, 5) is 24.5. The number of hydrogen-bond donors (Lipinski definition) is 2. The van der Waals surface area contributed by atoms with Gasteiger partial charge in [-0.1, -0.05) is 41.9 Å². The predicted molar refractivity (Wildman–Crippen MR) is 124 cm³/mol. The minimum absolute atomic E-state index is 0.0402. The van der Waals surface area contributed by atoms with Crippen LogP contribution in [0.25, 0.3) is 10.8 Å². The molecular formula is C23H16ClN3O4S. The van der Waals surface area contributed by atoms with Gasteiger partial charge in [-0.25, -0.2) is 8.42 Å². The van der Waals surface area contributed by atoms with Gasteiger partial charge in [-0.15, -0.1) is 0 Å². The lowest BCUT2D eigenvalue weighted by Gasteiger charge is -2.13. The highest BCUT2D eigenvalue weighted by Crippen LogP contribution is 2.36. The van der Waals surface area contributed by atoms with Crippen LogP contribution in [-0.4, -0.2) is 18.9 Å². The maximum absolute atomic E-state index is 13.2. The molecule has 3 aromatic carbocycles. The Morgan fingerprint density at radius 3 is 2.56 bits per heavy atom. The van der Waals surface area contributed by atoms with Crippen LogP contribution in [0.4, 0.5) is 11.4 Å². The van der Waals surface area contributed by atoms with Gasteiger partial charge in [0.25, 0.3) is 21.5 Å². The number of nitrogens with one attached hydrogen (secondary N) is 2. The molecular weight excluding hydrogens is 450 g/mol. The number of hydrogen-bond acceptors (Lipinski definition) is 4. The van der Waals surface area contributed by atoms with Gasteiger partial charge in [0.05, 0.1) is 17.1 Å². The smallest absolute Gasteiger partial charge is 0.262 e. The number of sulfonamides is 1. The quantitative estimate of drug-likeness (QED) is 0.464. The lowest BCUT2D eigenvalue weighted by Crippen LogP contribution is -2.21. The fraction of sp³-hybridized carbons (Fsp3) is 0.0435. The van der Waals surface area contributed by atoms with E-state index in [4.69, 9.17) is 11.6 Å². The van der Waals surface area contributed by atoms with E-state index in [0.29, 0.717) is 27.0 Å². The number of carbonyl (C=O) groups is 1. The number of carbonyl (C=O) groups excluding carboxylic acids is 1. The molecule has 1 aromatic heterocycles. The average Bonchev–Trinajstić information content (AvgIpc) is 3.09. The lowest BCUT2D eigenvalue weighted by atomic mass is 10.1. The molecule has 0 radical (unpaired) electrons. The molecule has 5 rings (SSSR count). The van der Waals surface area contributed by atoms with Gasteiger partial charge in [-0.3, -0.25) is 14.3 Å². The molecule has 0 fully saturated rings. The van der Waals surface area contributed by atoms with Crippen molar-refractivity contribution in [3.8, 4) is 0 Å². The zero-order valence-electron chi connectivity index (χ0n) is 16.5. The first-order chi connectivity index (χ1) is 15.3. The van der Waals surface area contributed by atoms with E-state index in [9.17, 15) is 18.0 Å². The number of pyridine rings is 1. The van der Waals surface area contributed by atoms with Crippen LogP contribution in [-0.2, 0) is 16.6 Å². The molecule has 160 valence electrons. The third-order valence-electron chi connectivity index (χ3n) is 5.32. The molecule has 0 bridgehead atoms. The van der Waals surface area contributed by atoms with Gasteiger partial charge < -0.3 is 9.88 Å². The summed E-state index contributed by atoms with van der Waals surface area (Å²) >= 11 is 6.19. The van der Waals surface area contributed by atoms with Gasteiger partial charge in [-0.2, -0.15) is 0 Å². The fourth-order valence-corrected chi connectivity index (χ4v) is 5.28. The molecule has 0 aliphatic carbocycles. The van der Waals surface area contributed by atoms with E-state index in [1.54, 1.807) is 42.5 Å². The van der Waals surface area contributed by atoms with E-state index in [1.165, 1.54) is 29.0 Å². The maximum Gasteiger partial charge on any atom is 0.262 e. The number of aromatic nitrogens is 1. The van der Waals surface area contributed by atoms with Gasteiger partial charge in [0.2, 0.25) is 0 Å². The van der Waals surface area contributed by atoms with Crippen molar-refractivity contribution in [2.45, 2.75) is 11.4 Å². The second-order valence-electron chi connectivity index (χ2n) is 7.37. The topological polar surface area (TPSA) is 97.3 Å². The van der Waals surface area contributed by atoms with Crippen LogP contribution in [0.1, 0.15) is 15.9 Å². The minimum Gasteiger partial charge on any atom is -0.321 e. The molecule has 0 saturated heterocycles. The Labute approximate surface area is 188 Å². The Morgan fingerprint density at radius 2 is 1.75 bits per heavy atom. The first-order valence-corrected chi connectivity index (χ1v) is 11.5. The monoisotopic (exact) mass is 465 g/mol. The van der Waals surface area contributed by atoms with Crippen molar-refractivity contribution >= 4 is 49.7 Å². The normalized spacial score (nSPS) is 12.7. The Hall–Kier alpha value is -3.62. The molecule has 2 N–H and O–H groups in total. The van der Waals surface area contributed by atoms with Crippen LogP contribution >= 0.6 is 11.6 Å². The summed E-state index contributed by atoms with van der Waals surface area (Å²) in [5.74, 6) is -0.264. The highest BCUT2D eigenvalue weighted by molar-refractivity contribution is 7.93. The van der Waals surface area contributed by atoms with Crippen molar-refractivity contribution in [2.24, 2.45) is 0 Å². The molecule has 0 unspecified atom stereocenters. The molecule has 7 nitrogen and oxygen atoms in total. The third kappa shape index (κ3) is 3.43. The molecule has 4 aromatic rings. The number of anilines is 2. The third-order valence-corrected chi connectivity index (χ3v) is 7.13. The van der Waals surface area contributed by atoms with Gasteiger partial charge >= 0.3 is 0 Å². The molecule has 2 heterocycles. The zero-order valence-corrected chi connectivity index (χ0v) is 18.1. The lowest BCUT2D eigenvalue weighted by molar-refractivity contribution is 0.103. The van der Waals surface area contributed by atoms with Crippen molar-refractivity contribution in [3.63, 3.8) is 0 Å². The summed E-state index contributed by atoms with van der Waals surface area (Å²) in [5.41, 5.74) is 1.69. The number of halogens is 1. The molecule has 1 aliphatic heterocycles. The standard InChI is InChI=1S/C23H16ClN3O4S/c24-18-7-2-1-4-14(18)12-27-13-15(8-11-21(27)28)26-32(30,31)20-10-9-19-22-16(20)5-3-6-17(22)23(29)25-19/h1-11,13,26H,12H2,(H,25,29). The fourth-order valence-electron chi connectivity index (χ4n) is 3.83. The zero-order chi connectivity index (χ0) is 22.5. The number of nitrogens with zero attached hydrogens (tertiary/aromatic N) is 1. The van der Waals surface area contributed by atoms with Gasteiger partial charge in [-0.05, 0) is 35.9 Å². The second kappa shape index (κ2) is 7.51. The van der Waals surface area contributed by atoms with E-state index < -0.39 is 10.0 Å². The number of benzene rings is 3. The van der Waals surface area contributed by atoms with Crippen LogP contribution in [0.3, 0.4) is 0 Å². The molecule has 9 heteroatoms. The summed E-state index contributed by atoms with van der Waals surface area (Å²) in [6.45, 7) is 0.197. The number of rotatable bonds is 5. The van der Waals surface area contributed by atoms with E-state index >= 15 is 0 Å². The van der Waals surface area contributed by atoms with Crippen LogP contribution in [0.15, 0.2) is 82.6 Å². The van der Waals surface area contributed by atoms with Crippen molar-refractivity contribution in [1.82, 2.24) is 4.57 Å². The summed E-state index contributed by atoms with van der Waals surface area (Å²) in [5, 5.41) is 4.27. The van der Waals surface area contributed by atoms with E-state index in [2.05, 4.69) is 10.0 Å². The number of amides is 1. The Morgan fingerprint density at radius 1 is 0.938 bits per heavy atom. The van der Waals surface area contributed by atoms with Crippen LogP contribution in [0.2, 0.25) is 5.02 Å². The Balaban J connectivity index is 1.53. The highest BCUT2D eigenvalue weighted by atomic mass is 35.5. The van der Waals surface area contributed by atoms with Crippen LogP contribution < -0.4 is 15.6 Å². The summed E-state index contributed by atoms with van der Waals surface area (Å²) in [7, 11) is -4.00. The highest BCUT2D eigenvalue weighted by Gasteiger charge is 2.26. The van der Waals surface area contributed by atoms with Crippen molar-refractivity contribution in [3.05, 3.63) is 99.4 Å². The van der Waals surface area contributed by atoms with E-state index in [1.807, 2.05) is 6.07 Å².